The monoisotopic (exact) mass is 286 g/mol. The molecule has 1 saturated heterocycles. The van der Waals surface area contributed by atoms with Crippen molar-refractivity contribution in [3.05, 3.63) is 0 Å². The molecule has 116 valence electrons. The maximum atomic E-state index is 12.2. The first-order chi connectivity index (χ1) is 9.62. The topological polar surface area (TPSA) is 70.1 Å². The summed E-state index contributed by atoms with van der Waals surface area (Å²) in [4.78, 5) is 27.5. The van der Waals surface area contributed by atoms with Gasteiger partial charge < -0.3 is 14.7 Å². The summed E-state index contributed by atoms with van der Waals surface area (Å²) >= 11 is 0. The zero-order chi connectivity index (χ0) is 15.0. The van der Waals surface area contributed by atoms with E-state index in [4.69, 9.17) is 9.84 Å². The van der Waals surface area contributed by atoms with Crippen LogP contribution in [0, 0.1) is 5.92 Å². The summed E-state index contributed by atoms with van der Waals surface area (Å²) in [6.07, 6.45) is 2.05. The summed E-state index contributed by atoms with van der Waals surface area (Å²) in [7, 11) is 1.40. The largest absolute Gasteiger partial charge is 0.469 e. The molecule has 1 aliphatic rings. The van der Waals surface area contributed by atoms with Crippen molar-refractivity contribution in [2.24, 2.45) is 5.92 Å². The highest BCUT2D eigenvalue weighted by molar-refractivity contribution is 5.79. The van der Waals surface area contributed by atoms with E-state index in [0.717, 1.165) is 13.1 Å². The number of ether oxygens (including phenoxy) is 1. The molecule has 0 aliphatic carbocycles. The number of amides is 1. The first kappa shape index (κ1) is 16.9. The van der Waals surface area contributed by atoms with Crippen LogP contribution in [0.1, 0.15) is 26.2 Å². The molecule has 6 heteroatoms. The van der Waals surface area contributed by atoms with Gasteiger partial charge in [0.15, 0.2) is 0 Å². The maximum absolute atomic E-state index is 12.2. The standard InChI is InChI=1S/C14H26N2O4/c1-3-15(7-4-10-17)11-13(18)16-8-5-12(6-9-16)14(19)20-2/h12,17H,3-11H2,1-2H3. The highest BCUT2D eigenvalue weighted by Gasteiger charge is 2.28. The Balaban J connectivity index is 2.36. The Labute approximate surface area is 120 Å². The van der Waals surface area contributed by atoms with Crippen LogP contribution >= 0.6 is 0 Å². The smallest absolute Gasteiger partial charge is 0.308 e. The predicted molar refractivity (Wildman–Crippen MR) is 75.1 cm³/mol. The molecule has 0 aromatic rings. The van der Waals surface area contributed by atoms with Gasteiger partial charge in [0.1, 0.15) is 0 Å². The number of nitrogens with zero attached hydrogens (tertiary/aromatic N) is 2. The molecule has 1 heterocycles. The van der Waals surface area contributed by atoms with Crippen LogP contribution in [0.4, 0.5) is 0 Å². The molecule has 0 unspecified atom stereocenters. The van der Waals surface area contributed by atoms with Crippen LogP contribution in [0.3, 0.4) is 0 Å². The fourth-order valence-electron chi connectivity index (χ4n) is 2.47. The Morgan fingerprint density at radius 2 is 2.00 bits per heavy atom. The second-order valence-corrected chi connectivity index (χ2v) is 5.12. The van der Waals surface area contributed by atoms with Crippen molar-refractivity contribution < 1.29 is 19.4 Å². The second kappa shape index (κ2) is 8.92. The first-order valence-electron chi connectivity index (χ1n) is 7.31. The van der Waals surface area contributed by atoms with Gasteiger partial charge in [-0.25, -0.2) is 0 Å². The van der Waals surface area contributed by atoms with E-state index in [0.29, 0.717) is 38.9 Å². The van der Waals surface area contributed by atoms with E-state index < -0.39 is 0 Å². The number of likely N-dealkylation sites (tertiary alicyclic amines) is 1. The molecule has 1 rings (SSSR count). The number of hydrogen-bond acceptors (Lipinski definition) is 5. The lowest BCUT2D eigenvalue weighted by molar-refractivity contribution is -0.149. The lowest BCUT2D eigenvalue weighted by atomic mass is 9.97. The second-order valence-electron chi connectivity index (χ2n) is 5.12. The molecule has 0 bridgehead atoms. The number of aliphatic hydroxyl groups is 1. The first-order valence-corrected chi connectivity index (χ1v) is 7.31. The van der Waals surface area contributed by atoms with Crippen molar-refractivity contribution in [1.29, 1.82) is 0 Å². The van der Waals surface area contributed by atoms with Crippen molar-refractivity contribution in [1.82, 2.24) is 9.80 Å². The van der Waals surface area contributed by atoms with E-state index in [2.05, 4.69) is 0 Å². The zero-order valence-corrected chi connectivity index (χ0v) is 12.5. The van der Waals surface area contributed by atoms with E-state index in [-0.39, 0.29) is 24.4 Å². The Hall–Kier alpha value is -1.14. The van der Waals surface area contributed by atoms with E-state index in [1.807, 2.05) is 16.7 Å². The summed E-state index contributed by atoms with van der Waals surface area (Å²) in [6.45, 7) is 5.32. The van der Waals surface area contributed by atoms with Crippen molar-refractivity contribution in [3.63, 3.8) is 0 Å². The van der Waals surface area contributed by atoms with Gasteiger partial charge in [0.2, 0.25) is 5.91 Å². The van der Waals surface area contributed by atoms with Crippen LogP contribution in [0.25, 0.3) is 0 Å². The summed E-state index contributed by atoms with van der Waals surface area (Å²) in [5.74, 6) is -0.135. The van der Waals surface area contributed by atoms with E-state index in [1.54, 1.807) is 0 Å². The van der Waals surface area contributed by atoms with E-state index in [9.17, 15) is 9.59 Å². The average molecular weight is 286 g/mol. The summed E-state index contributed by atoms with van der Waals surface area (Å²) in [6, 6.07) is 0. The summed E-state index contributed by atoms with van der Waals surface area (Å²) in [5, 5.41) is 8.83. The minimum absolute atomic E-state index is 0.0688. The van der Waals surface area contributed by atoms with Crippen LogP contribution in [-0.4, -0.2) is 73.2 Å². The van der Waals surface area contributed by atoms with Crippen LogP contribution in [0.2, 0.25) is 0 Å². The molecule has 0 atom stereocenters. The van der Waals surface area contributed by atoms with Gasteiger partial charge >= 0.3 is 5.97 Å². The molecule has 0 aromatic heterocycles. The number of hydrogen-bond donors (Lipinski definition) is 1. The number of methoxy groups -OCH3 is 1. The quantitative estimate of drug-likeness (QED) is 0.672. The number of likely N-dealkylation sites (N-methyl/N-ethyl adjacent to an activating group) is 1. The highest BCUT2D eigenvalue weighted by Crippen LogP contribution is 2.18. The number of carbonyl (C=O) groups is 2. The Kier molecular flexibility index (Phi) is 7.54. The van der Waals surface area contributed by atoms with Crippen molar-refractivity contribution in [3.8, 4) is 0 Å². The number of rotatable bonds is 7. The summed E-state index contributed by atoms with van der Waals surface area (Å²) < 4.78 is 4.74. The Morgan fingerprint density at radius 3 is 2.50 bits per heavy atom. The molecular weight excluding hydrogens is 260 g/mol. The normalized spacial score (nSPS) is 16.5. The van der Waals surface area contributed by atoms with Gasteiger partial charge in [-0.3, -0.25) is 14.5 Å². The Morgan fingerprint density at radius 1 is 1.35 bits per heavy atom. The average Bonchev–Trinajstić information content (AvgIpc) is 2.50. The predicted octanol–water partition coefficient (Wildman–Crippen LogP) is 0.102. The molecule has 0 aromatic carbocycles. The van der Waals surface area contributed by atoms with Gasteiger partial charge in [0, 0.05) is 26.2 Å². The molecule has 0 saturated carbocycles. The lowest BCUT2D eigenvalue weighted by Crippen LogP contribution is -2.45. The van der Waals surface area contributed by atoms with Crippen molar-refractivity contribution >= 4 is 11.9 Å². The van der Waals surface area contributed by atoms with Crippen molar-refractivity contribution in [2.75, 3.05) is 46.4 Å². The molecule has 1 N–H and O–H groups in total. The van der Waals surface area contributed by atoms with Crippen LogP contribution in [0.15, 0.2) is 0 Å². The molecule has 1 amide bonds. The van der Waals surface area contributed by atoms with Gasteiger partial charge in [-0.1, -0.05) is 6.92 Å². The minimum Gasteiger partial charge on any atom is -0.469 e. The van der Waals surface area contributed by atoms with Gasteiger partial charge in [-0.15, -0.1) is 0 Å². The summed E-state index contributed by atoms with van der Waals surface area (Å²) in [5.41, 5.74) is 0. The van der Waals surface area contributed by atoms with Gasteiger partial charge in [0.05, 0.1) is 19.6 Å². The molecule has 1 aliphatic heterocycles. The van der Waals surface area contributed by atoms with Gasteiger partial charge in [-0.05, 0) is 25.8 Å². The highest BCUT2D eigenvalue weighted by atomic mass is 16.5. The zero-order valence-electron chi connectivity index (χ0n) is 12.5. The van der Waals surface area contributed by atoms with Gasteiger partial charge in [0.25, 0.3) is 0 Å². The number of carbonyl (C=O) groups excluding carboxylic acids is 2. The fourth-order valence-corrected chi connectivity index (χ4v) is 2.47. The molecule has 1 fully saturated rings. The lowest BCUT2D eigenvalue weighted by Gasteiger charge is -2.32. The third kappa shape index (κ3) is 5.09. The third-order valence-electron chi connectivity index (χ3n) is 3.82. The molecular formula is C14H26N2O4. The van der Waals surface area contributed by atoms with E-state index >= 15 is 0 Å². The molecule has 20 heavy (non-hydrogen) atoms. The number of esters is 1. The van der Waals surface area contributed by atoms with Crippen LogP contribution in [0.5, 0.6) is 0 Å². The number of aliphatic hydroxyl groups excluding tert-OH is 1. The van der Waals surface area contributed by atoms with Crippen molar-refractivity contribution in [2.45, 2.75) is 26.2 Å². The van der Waals surface area contributed by atoms with E-state index in [1.165, 1.54) is 7.11 Å². The van der Waals surface area contributed by atoms with Gasteiger partial charge in [-0.2, -0.15) is 0 Å². The van der Waals surface area contributed by atoms with Crippen LogP contribution < -0.4 is 0 Å². The minimum atomic E-state index is -0.171. The SMILES string of the molecule is CCN(CCCO)CC(=O)N1CCC(C(=O)OC)CC1. The maximum Gasteiger partial charge on any atom is 0.308 e. The Bertz CT molecular complexity index is 314. The molecule has 0 radical (unpaired) electrons. The fraction of sp³-hybridized carbons (Fsp3) is 0.857. The van der Waals surface area contributed by atoms with Crippen LogP contribution in [-0.2, 0) is 14.3 Å². The number of piperidine rings is 1. The third-order valence-corrected chi connectivity index (χ3v) is 3.82. The molecule has 0 spiro atoms. The molecule has 6 nitrogen and oxygen atoms in total.